The number of benzene rings is 1. The second-order valence-electron chi connectivity index (χ2n) is 6.83. The topological polar surface area (TPSA) is 78.6 Å². The van der Waals surface area contributed by atoms with E-state index in [1.165, 1.54) is 18.2 Å². The molecule has 0 aliphatic carbocycles. The Labute approximate surface area is 191 Å². The van der Waals surface area contributed by atoms with Crippen LogP contribution in [0.3, 0.4) is 0 Å². The number of hydrogen-bond donors (Lipinski definition) is 0. The Bertz CT molecular complexity index is 995. The molecule has 0 unspecified atom stereocenters. The van der Waals surface area contributed by atoms with E-state index < -0.39 is 0 Å². The molecule has 8 nitrogen and oxygen atoms in total. The number of hydrogen-bond acceptors (Lipinski definition) is 8. The first-order valence-corrected chi connectivity index (χ1v) is 11.2. The largest absolute Gasteiger partial charge is 0.421 e. The van der Waals surface area contributed by atoms with E-state index >= 15 is 0 Å². The summed E-state index contributed by atoms with van der Waals surface area (Å²) >= 11 is 1.52. The molecular formula is C22H27FN6O2S. The fourth-order valence-corrected chi connectivity index (χ4v) is 4.08. The van der Waals surface area contributed by atoms with Crippen molar-refractivity contribution in [3.05, 3.63) is 60.0 Å². The lowest BCUT2D eigenvalue weighted by Gasteiger charge is -2.35. The molecule has 3 heterocycles. The molecule has 1 amide bonds. The highest BCUT2D eigenvalue weighted by Crippen LogP contribution is 2.29. The lowest BCUT2D eigenvalue weighted by Crippen LogP contribution is -2.44. The number of nitrogens with zero attached hydrogens (tertiary/aromatic N) is 6. The highest BCUT2D eigenvalue weighted by atomic mass is 32.2. The third-order valence-electron chi connectivity index (χ3n) is 4.71. The molecule has 32 heavy (non-hydrogen) atoms. The number of amides is 1. The minimum Gasteiger partial charge on any atom is -0.421 e. The monoisotopic (exact) mass is 458 g/mol. The summed E-state index contributed by atoms with van der Waals surface area (Å²) in [5, 5.41) is 7.74. The predicted molar refractivity (Wildman–Crippen MR) is 123 cm³/mol. The van der Waals surface area contributed by atoms with Gasteiger partial charge in [-0.3, -0.25) is 14.1 Å². The summed E-state index contributed by atoms with van der Waals surface area (Å²) in [5.74, 6) is 0.386. The molecule has 10 heteroatoms. The first-order valence-electron chi connectivity index (χ1n) is 10.5. The van der Waals surface area contributed by atoms with Crippen molar-refractivity contribution in [3.63, 3.8) is 0 Å². The Kier molecular flexibility index (Phi) is 8.57. The zero-order chi connectivity index (χ0) is 22.9. The lowest BCUT2D eigenvalue weighted by atomic mass is 10.1. The number of carbonyl (C=O) groups excluding carboxylic acids is 1. The first kappa shape index (κ1) is 23.7. The summed E-state index contributed by atoms with van der Waals surface area (Å²) in [5.41, 5.74) is 1.96. The maximum Gasteiger partial charge on any atom is 0.247 e. The van der Waals surface area contributed by atoms with E-state index in [9.17, 15) is 9.18 Å². The molecule has 0 spiro atoms. The van der Waals surface area contributed by atoms with Gasteiger partial charge in [-0.1, -0.05) is 19.9 Å². The average Bonchev–Trinajstić information content (AvgIpc) is 3.28. The molecule has 3 aromatic rings. The number of aryl methyl sites for hydroxylation is 1. The molecule has 4 rings (SSSR count). The molecule has 170 valence electrons. The van der Waals surface area contributed by atoms with Crippen LogP contribution in [0.15, 0.2) is 47.1 Å². The van der Waals surface area contributed by atoms with Gasteiger partial charge in [0.05, 0.1) is 18.4 Å². The fraction of sp³-hybridized carbons (Fsp3) is 0.364. The Morgan fingerprint density at radius 1 is 1.19 bits per heavy atom. The van der Waals surface area contributed by atoms with Gasteiger partial charge in [-0.05, 0) is 24.3 Å². The molecule has 1 aromatic carbocycles. The molecule has 1 saturated heterocycles. The minimum atomic E-state index is -0.344. The van der Waals surface area contributed by atoms with Crippen LogP contribution < -0.4 is 4.31 Å². The van der Waals surface area contributed by atoms with E-state index in [2.05, 4.69) is 19.5 Å². The molecule has 0 atom stereocenters. The van der Waals surface area contributed by atoms with Gasteiger partial charge in [0.15, 0.2) is 0 Å². The number of halogens is 1. The smallest absolute Gasteiger partial charge is 0.247 e. The van der Waals surface area contributed by atoms with Crippen LogP contribution in [-0.2, 0) is 11.3 Å². The standard InChI is InChI=1S/C20H21FN6O2S.C2H6/c1-15-23-24-20(29-15)16-4-5-17(19(21)11-16)13-27(18-3-2-6-22-12-18)30-26-9-7-25(14-28)8-10-26;1-2/h2-6,11-12,14H,7-10,13H2,1H3;1-2H3. The summed E-state index contributed by atoms with van der Waals surface area (Å²) in [6.45, 7) is 8.85. The van der Waals surface area contributed by atoms with Crippen molar-refractivity contribution < 1.29 is 13.6 Å². The van der Waals surface area contributed by atoms with Gasteiger partial charge in [0.25, 0.3) is 0 Å². The average molecular weight is 459 g/mol. The number of rotatable bonds is 7. The Morgan fingerprint density at radius 2 is 1.97 bits per heavy atom. The van der Waals surface area contributed by atoms with Crippen molar-refractivity contribution in [1.29, 1.82) is 0 Å². The van der Waals surface area contributed by atoms with Gasteiger partial charge in [-0.15, -0.1) is 10.2 Å². The number of piperazine rings is 1. The van der Waals surface area contributed by atoms with Crippen LogP contribution in [0.25, 0.3) is 11.5 Å². The van der Waals surface area contributed by atoms with Gasteiger partial charge in [0.1, 0.15) is 5.82 Å². The summed E-state index contributed by atoms with van der Waals surface area (Å²) in [7, 11) is 0. The molecule has 1 aliphatic heterocycles. The highest BCUT2D eigenvalue weighted by Gasteiger charge is 2.21. The molecule has 0 N–H and O–H groups in total. The maximum atomic E-state index is 14.9. The van der Waals surface area contributed by atoms with Crippen molar-refractivity contribution in [2.75, 3.05) is 30.5 Å². The van der Waals surface area contributed by atoms with E-state index in [-0.39, 0.29) is 5.82 Å². The quantitative estimate of drug-likeness (QED) is 0.389. The second-order valence-corrected chi connectivity index (χ2v) is 7.95. The summed E-state index contributed by atoms with van der Waals surface area (Å²) in [6.07, 6.45) is 4.34. The van der Waals surface area contributed by atoms with Crippen LogP contribution in [0, 0.1) is 12.7 Å². The van der Waals surface area contributed by atoms with Crippen LogP contribution in [-0.4, -0.2) is 57.0 Å². The third kappa shape index (κ3) is 6.04. The lowest BCUT2D eigenvalue weighted by molar-refractivity contribution is -0.119. The molecule has 2 aromatic heterocycles. The first-order chi connectivity index (χ1) is 15.6. The number of aromatic nitrogens is 3. The van der Waals surface area contributed by atoms with E-state index in [4.69, 9.17) is 4.42 Å². The third-order valence-corrected chi connectivity index (χ3v) is 5.84. The zero-order valence-electron chi connectivity index (χ0n) is 18.4. The van der Waals surface area contributed by atoms with Crippen molar-refractivity contribution in [2.45, 2.75) is 27.3 Å². The van der Waals surface area contributed by atoms with Crippen molar-refractivity contribution >= 4 is 24.2 Å². The SMILES string of the molecule is CC.Cc1nnc(-c2ccc(CN(SN3CCN(C=O)CC3)c3cccnc3)c(F)c2)o1. The highest BCUT2D eigenvalue weighted by molar-refractivity contribution is 7.98. The van der Waals surface area contributed by atoms with Gasteiger partial charge in [-0.2, -0.15) is 0 Å². The van der Waals surface area contributed by atoms with E-state index in [0.717, 1.165) is 25.2 Å². The summed E-state index contributed by atoms with van der Waals surface area (Å²) in [4.78, 5) is 16.9. The van der Waals surface area contributed by atoms with Crippen LogP contribution in [0.4, 0.5) is 10.1 Å². The van der Waals surface area contributed by atoms with E-state index in [1.54, 1.807) is 36.4 Å². The summed E-state index contributed by atoms with van der Waals surface area (Å²) in [6, 6.07) is 8.72. The van der Waals surface area contributed by atoms with Crippen molar-refractivity contribution in [3.8, 4) is 11.5 Å². The molecule has 1 aliphatic rings. The number of carbonyl (C=O) groups is 1. The molecular weight excluding hydrogens is 431 g/mol. The van der Waals surface area contributed by atoms with Gasteiger partial charge in [0.2, 0.25) is 18.2 Å². The van der Waals surface area contributed by atoms with Crippen molar-refractivity contribution in [2.24, 2.45) is 0 Å². The van der Waals surface area contributed by atoms with Gasteiger partial charge in [-0.25, -0.2) is 8.70 Å². The second kappa shape index (κ2) is 11.6. The van der Waals surface area contributed by atoms with Crippen LogP contribution >= 0.6 is 12.1 Å². The van der Waals surface area contributed by atoms with Gasteiger partial charge < -0.3 is 9.32 Å². The fourth-order valence-electron chi connectivity index (χ4n) is 3.08. The Hall–Kier alpha value is -2.98. The van der Waals surface area contributed by atoms with E-state index in [1.807, 2.05) is 30.3 Å². The van der Waals surface area contributed by atoms with Crippen LogP contribution in [0.5, 0.6) is 0 Å². The molecule has 0 saturated carbocycles. The maximum absolute atomic E-state index is 14.9. The normalized spacial score (nSPS) is 13.9. The number of anilines is 1. The van der Waals surface area contributed by atoms with Crippen molar-refractivity contribution in [1.82, 2.24) is 24.4 Å². The number of pyridine rings is 1. The summed E-state index contributed by atoms with van der Waals surface area (Å²) < 4.78 is 24.4. The van der Waals surface area contributed by atoms with Crippen LogP contribution in [0.2, 0.25) is 0 Å². The predicted octanol–water partition coefficient (Wildman–Crippen LogP) is 3.95. The molecule has 0 radical (unpaired) electrons. The zero-order valence-corrected chi connectivity index (χ0v) is 19.3. The van der Waals surface area contributed by atoms with Crippen LogP contribution in [0.1, 0.15) is 25.3 Å². The van der Waals surface area contributed by atoms with Gasteiger partial charge in [0, 0.05) is 62.6 Å². The van der Waals surface area contributed by atoms with E-state index in [0.29, 0.717) is 42.5 Å². The Morgan fingerprint density at radius 3 is 2.56 bits per heavy atom. The molecule has 0 bridgehead atoms. The molecule has 1 fully saturated rings. The van der Waals surface area contributed by atoms with Gasteiger partial charge >= 0.3 is 0 Å². The minimum absolute atomic E-state index is 0.296. The Balaban J connectivity index is 0.00000141.